The molecule has 0 saturated heterocycles. The third-order valence-electron chi connectivity index (χ3n) is 2.77. The van der Waals surface area contributed by atoms with Gasteiger partial charge in [0.25, 0.3) is 0 Å². The van der Waals surface area contributed by atoms with E-state index in [-0.39, 0.29) is 5.91 Å². The van der Waals surface area contributed by atoms with Crippen LogP contribution in [0.25, 0.3) is 0 Å². The van der Waals surface area contributed by atoms with E-state index in [2.05, 4.69) is 5.32 Å². The van der Waals surface area contributed by atoms with Gasteiger partial charge in [0.1, 0.15) is 5.75 Å². The van der Waals surface area contributed by atoms with Gasteiger partial charge in [0.05, 0.1) is 7.11 Å². The smallest absolute Gasteiger partial charge is 0.220 e. The molecule has 1 amide bonds. The lowest BCUT2D eigenvalue weighted by Gasteiger charge is -2.09. The van der Waals surface area contributed by atoms with Crippen molar-refractivity contribution < 1.29 is 9.53 Å². The van der Waals surface area contributed by atoms with Crippen molar-refractivity contribution in [3.8, 4) is 5.75 Å². The monoisotopic (exact) mass is 250 g/mol. The van der Waals surface area contributed by atoms with Crippen LogP contribution >= 0.6 is 0 Å². The van der Waals surface area contributed by atoms with Crippen LogP contribution in [0.2, 0.25) is 0 Å². The third-order valence-corrected chi connectivity index (χ3v) is 2.77. The van der Waals surface area contributed by atoms with E-state index in [0.717, 1.165) is 23.3 Å². The van der Waals surface area contributed by atoms with E-state index in [4.69, 9.17) is 10.5 Å². The van der Waals surface area contributed by atoms with Gasteiger partial charge in [0.15, 0.2) is 0 Å². The van der Waals surface area contributed by atoms with Crippen LogP contribution in [0.3, 0.4) is 0 Å². The quantitative estimate of drug-likeness (QED) is 0.719. The summed E-state index contributed by atoms with van der Waals surface area (Å²) in [6.07, 6.45) is 1.99. The first-order valence-corrected chi connectivity index (χ1v) is 6.27. The summed E-state index contributed by atoms with van der Waals surface area (Å²) in [7, 11) is 1.65. The zero-order valence-electron chi connectivity index (χ0n) is 11.2. The summed E-state index contributed by atoms with van der Waals surface area (Å²) in [6.45, 7) is 3.28. The molecule has 0 aromatic heterocycles. The Morgan fingerprint density at radius 2 is 2.22 bits per heavy atom. The fourth-order valence-electron chi connectivity index (χ4n) is 1.72. The summed E-state index contributed by atoms with van der Waals surface area (Å²) in [5, 5.41) is 2.84. The molecule has 18 heavy (non-hydrogen) atoms. The molecule has 100 valence electrons. The standard InChI is InChI=1S/C14H22N2O2/c1-11-4-5-12(13(10-11)18-2)6-7-14(17)16-9-3-8-15/h4-5,10H,3,6-9,15H2,1-2H3,(H,16,17). The molecule has 0 aliphatic heterocycles. The van der Waals surface area contributed by atoms with Crippen molar-refractivity contribution in [2.45, 2.75) is 26.2 Å². The van der Waals surface area contributed by atoms with Gasteiger partial charge in [-0.2, -0.15) is 0 Å². The van der Waals surface area contributed by atoms with E-state index in [1.807, 2.05) is 25.1 Å². The van der Waals surface area contributed by atoms with Crippen LogP contribution in [0.1, 0.15) is 24.0 Å². The maximum atomic E-state index is 11.6. The number of rotatable bonds is 7. The molecule has 0 atom stereocenters. The van der Waals surface area contributed by atoms with Crippen LogP contribution in [0.4, 0.5) is 0 Å². The fourth-order valence-corrected chi connectivity index (χ4v) is 1.72. The number of methoxy groups -OCH3 is 1. The zero-order valence-corrected chi connectivity index (χ0v) is 11.2. The molecule has 1 aromatic rings. The zero-order chi connectivity index (χ0) is 13.4. The van der Waals surface area contributed by atoms with Gasteiger partial charge in [0, 0.05) is 13.0 Å². The summed E-state index contributed by atoms with van der Waals surface area (Å²) in [5.41, 5.74) is 7.59. The van der Waals surface area contributed by atoms with Crippen molar-refractivity contribution >= 4 is 5.91 Å². The molecular weight excluding hydrogens is 228 g/mol. The maximum Gasteiger partial charge on any atom is 0.220 e. The molecule has 0 unspecified atom stereocenters. The number of ether oxygens (including phenoxy) is 1. The minimum absolute atomic E-state index is 0.0612. The summed E-state index contributed by atoms with van der Waals surface area (Å²) >= 11 is 0. The molecule has 0 radical (unpaired) electrons. The molecule has 4 heteroatoms. The van der Waals surface area contributed by atoms with Gasteiger partial charge in [-0.1, -0.05) is 12.1 Å². The van der Waals surface area contributed by atoms with Gasteiger partial charge in [-0.15, -0.1) is 0 Å². The Morgan fingerprint density at radius 1 is 1.44 bits per heavy atom. The molecular formula is C14H22N2O2. The molecule has 0 bridgehead atoms. The van der Waals surface area contributed by atoms with Crippen molar-refractivity contribution in [3.05, 3.63) is 29.3 Å². The highest BCUT2D eigenvalue weighted by molar-refractivity contribution is 5.76. The molecule has 0 aliphatic rings. The molecule has 1 aromatic carbocycles. The molecule has 3 N–H and O–H groups in total. The normalized spacial score (nSPS) is 10.2. The van der Waals surface area contributed by atoms with Gasteiger partial charge in [-0.05, 0) is 43.5 Å². The van der Waals surface area contributed by atoms with Gasteiger partial charge >= 0.3 is 0 Å². The van der Waals surface area contributed by atoms with Crippen LogP contribution in [-0.4, -0.2) is 26.1 Å². The number of hydrogen-bond acceptors (Lipinski definition) is 3. The van der Waals surface area contributed by atoms with Gasteiger partial charge < -0.3 is 15.8 Å². The predicted octanol–water partition coefficient (Wildman–Crippen LogP) is 1.40. The number of carbonyl (C=O) groups is 1. The number of amides is 1. The second kappa shape index (κ2) is 7.71. The molecule has 0 spiro atoms. The van der Waals surface area contributed by atoms with E-state index in [1.54, 1.807) is 7.11 Å². The predicted molar refractivity (Wildman–Crippen MR) is 72.7 cm³/mol. The van der Waals surface area contributed by atoms with E-state index in [9.17, 15) is 4.79 Å². The summed E-state index contributed by atoms with van der Waals surface area (Å²) in [5.74, 6) is 0.913. The number of benzene rings is 1. The van der Waals surface area contributed by atoms with Crippen LogP contribution in [0, 0.1) is 6.92 Å². The highest BCUT2D eigenvalue weighted by atomic mass is 16.5. The fraction of sp³-hybridized carbons (Fsp3) is 0.500. The lowest BCUT2D eigenvalue weighted by Crippen LogP contribution is -2.26. The molecule has 1 rings (SSSR count). The highest BCUT2D eigenvalue weighted by Crippen LogP contribution is 2.21. The van der Waals surface area contributed by atoms with Crippen molar-refractivity contribution in [2.24, 2.45) is 5.73 Å². The molecule has 0 fully saturated rings. The van der Waals surface area contributed by atoms with E-state index in [1.165, 1.54) is 0 Å². The van der Waals surface area contributed by atoms with Gasteiger partial charge in [-0.25, -0.2) is 0 Å². The lowest BCUT2D eigenvalue weighted by molar-refractivity contribution is -0.121. The Morgan fingerprint density at radius 3 is 2.89 bits per heavy atom. The molecule has 0 heterocycles. The molecule has 0 saturated carbocycles. The Bertz CT molecular complexity index is 391. The number of hydrogen-bond donors (Lipinski definition) is 2. The molecule has 4 nitrogen and oxygen atoms in total. The Balaban J connectivity index is 2.45. The van der Waals surface area contributed by atoms with Gasteiger partial charge in [-0.3, -0.25) is 4.79 Å². The van der Waals surface area contributed by atoms with Crippen LogP contribution in [-0.2, 0) is 11.2 Å². The van der Waals surface area contributed by atoms with E-state index in [0.29, 0.717) is 25.9 Å². The topological polar surface area (TPSA) is 64.3 Å². The average molecular weight is 250 g/mol. The van der Waals surface area contributed by atoms with Crippen molar-refractivity contribution in [2.75, 3.05) is 20.2 Å². The summed E-state index contributed by atoms with van der Waals surface area (Å²) in [6, 6.07) is 6.03. The van der Waals surface area contributed by atoms with Gasteiger partial charge in [0.2, 0.25) is 5.91 Å². The van der Waals surface area contributed by atoms with Crippen molar-refractivity contribution in [1.29, 1.82) is 0 Å². The first-order chi connectivity index (χ1) is 8.67. The van der Waals surface area contributed by atoms with E-state index >= 15 is 0 Å². The first-order valence-electron chi connectivity index (χ1n) is 6.27. The Labute approximate surface area is 109 Å². The summed E-state index contributed by atoms with van der Waals surface area (Å²) < 4.78 is 5.31. The van der Waals surface area contributed by atoms with E-state index < -0.39 is 0 Å². The highest BCUT2D eigenvalue weighted by Gasteiger charge is 2.06. The van der Waals surface area contributed by atoms with Crippen molar-refractivity contribution in [3.63, 3.8) is 0 Å². The average Bonchev–Trinajstić information content (AvgIpc) is 2.37. The largest absolute Gasteiger partial charge is 0.496 e. The number of carbonyl (C=O) groups excluding carboxylic acids is 1. The Hall–Kier alpha value is -1.55. The maximum absolute atomic E-state index is 11.6. The molecule has 0 aliphatic carbocycles. The van der Waals surface area contributed by atoms with Crippen molar-refractivity contribution in [1.82, 2.24) is 5.32 Å². The summed E-state index contributed by atoms with van der Waals surface area (Å²) in [4.78, 5) is 11.6. The number of nitrogens with one attached hydrogen (secondary N) is 1. The second-order valence-electron chi connectivity index (χ2n) is 4.31. The van der Waals surface area contributed by atoms with Crippen LogP contribution in [0.15, 0.2) is 18.2 Å². The minimum Gasteiger partial charge on any atom is -0.496 e. The van der Waals surface area contributed by atoms with Crippen LogP contribution in [0.5, 0.6) is 5.75 Å². The third kappa shape index (κ3) is 4.75. The first kappa shape index (κ1) is 14.5. The lowest BCUT2D eigenvalue weighted by atomic mass is 10.1. The second-order valence-corrected chi connectivity index (χ2v) is 4.31. The van der Waals surface area contributed by atoms with Crippen LogP contribution < -0.4 is 15.8 Å². The number of aryl methyl sites for hydroxylation is 2. The SMILES string of the molecule is COc1cc(C)ccc1CCC(=O)NCCCN. The Kier molecular flexibility index (Phi) is 6.22. The minimum atomic E-state index is 0.0612. The number of nitrogens with two attached hydrogens (primary N) is 1.